The number of halogens is 1. The average Bonchev–Trinajstić information content (AvgIpc) is 3.14. The summed E-state index contributed by atoms with van der Waals surface area (Å²) in [5, 5.41) is 3.30. The van der Waals surface area contributed by atoms with E-state index >= 15 is 0 Å². The van der Waals surface area contributed by atoms with Crippen molar-refractivity contribution in [3.05, 3.63) is 28.9 Å². The van der Waals surface area contributed by atoms with Gasteiger partial charge < -0.3 is 9.47 Å². The van der Waals surface area contributed by atoms with Crippen molar-refractivity contribution in [2.24, 2.45) is 0 Å². The van der Waals surface area contributed by atoms with Gasteiger partial charge in [0.1, 0.15) is 5.60 Å². The molecule has 1 aliphatic rings. The van der Waals surface area contributed by atoms with E-state index in [4.69, 9.17) is 9.47 Å². The fourth-order valence-corrected chi connectivity index (χ4v) is 3.55. The Balaban J connectivity index is 1.82. The summed E-state index contributed by atoms with van der Waals surface area (Å²) in [4.78, 5) is 17.7. The summed E-state index contributed by atoms with van der Waals surface area (Å²) in [6.07, 6.45) is 1.57. The van der Waals surface area contributed by atoms with Crippen LogP contribution >= 0.6 is 11.3 Å². The first-order valence-corrected chi connectivity index (χ1v) is 8.51. The van der Waals surface area contributed by atoms with Gasteiger partial charge in [-0.05, 0) is 44.9 Å². The highest BCUT2D eigenvalue weighted by atomic mass is 32.1. The van der Waals surface area contributed by atoms with E-state index < -0.39 is 11.4 Å². The molecule has 1 aromatic heterocycles. The minimum atomic E-state index is -0.800. The lowest BCUT2D eigenvalue weighted by Crippen LogP contribution is -2.39. The van der Waals surface area contributed by atoms with Crippen LogP contribution in [0.5, 0.6) is 5.75 Å². The molecular formula is C17H19FN2O3S. The van der Waals surface area contributed by atoms with E-state index in [2.05, 4.69) is 10.3 Å². The van der Waals surface area contributed by atoms with Crippen LogP contribution in [0.2, 0.25) is 0 Å². The third-order valence-corrected chi connectivity index (χ3v) is 5.03. The van der Waals surface area contributed by atoms with Crippen molar-refractivity contribution in [1.82, 2.24) is 4.98 Å². The summed E-state index contributed by atoms with van der Waals surface area (Å²) >= 11 is 1.36. The van der Waals surface area contributed by atoms with Crippen LogP contribution in [0.1, 0.15) is 24.6 Å². The van der Waals surface area contributed by atoms with Gasteiger partial charge in [-0.15, -0.1) is 11.3 Å². The maximum absolute atomic E-state index is 13.9. The zero-order valence-corrected chi connectivity index (χ0v) is 14.6. The van der Waals surface area contributed by atoms with Gasteiger partial charge in [-0.25, -0.2) is 9.37 Å². The number of benzene rings is 1. The van der Waals surface area contributed by atoms with E-state index in [1.54, 1.807) is 19.1 Å². The first kappa shape index (κ1) is 16.9. The zero-order valence-electron chi connectivity index (χ0n) is 13.8. The number of carbonyl (C=O) groups is 1. The SMILES string of the molecule is COc1ccc(-c2nc(NC(=O)[C@]3(C)CCCO3)sc2C)cc1F. The van der Waals surface area contributed by atoms with Gasteiger partial charge in [0.15, 0.2) is 16.7 Å². The Morgan fingerprint density at radius 3 is 2.92 bits per heavy atom. The van der Waals surface area contributed by atoms with Crippen LogP contribution in [-0.4, -0.2) is 30.2 Å². The minimum Gasteiger partial charge on any atom is -0.494 e. The third kappa shape index (κ3) is 3.14. The normalized spacial score (nSPS) is 20.2. The number of nitrogens with zero attached hydrogens (tertiary/aromatic N) is 1. The number of rotatable bonds is 4. The van der Waals surface area contributed by atoms with Crippen molar-refractivity contribution in [2.75, 3.05) is 19.0 Å². The van der Waals surface area contributed by atoms with E-state index in [0.29, 0.717) is 29.4 Å². The second kappa shape index (κ2) is 6.49. The number of amides is 1. The lowest BCUT2D eigenvalue weighted by molar-refractivity contribution is -0.133. The highest BCUT2D eigenvalue weighted by molar-refractivity contribution is 7.16. The van der Waals surface area contributed by atoms with E-state index in [9.17, 15) is 9.18 Å². The van der Waals surface area contributed by atoms with Gasteiger partial charge in [-0.1, -0.05) is 0 Å². The van der Waals surface area contributed by atoms with Crippen LogP contribution in [0.4, 0.5) is 9.52 Å². The lowest BCUT2D eigenvalue weighted by Gasteiger charge is -2.20. The number of nitrogens with one attached hydrogen (secondary N) is 1. The summed E-state index contributed by atoms with van der Waals surface area (Å²) in [6.45, 7) is 4.27. The molecule has 7 heteroatoms. The molecule has 2 aromatic rings. The number of thiazole rings is 1. The third-order valence-electron chi connectivity index (χ3n) is 4.14. The van der Waals surface area contributed by atoms with Gasteiger partial charge in [0, 0.05) is 17.0 Å². The van der Waals surface area contributed by atoms with Gasteiger partial charge in [0.25, 0.3) is 5.91 Å². The number of carbonyl (C=O) groups excluding carboxylic acids is 1. The lowest BCUT2D eigenvalue weighted by atomic mass is 10.0. The Labute approximate surface area is 143 Å². The topological polar surface area (TPSA) is 60.5 Å². The van der Waals surface area contributed by atoms with Crippen molar-refractivity contribution >= 4 is 22.4 Å². The molecule has 3 rings (SSSR count). The van der Waals surface area contributed by atoms with E-state index in [1.165, 1.54) is 24.5 Å². The van der Waals surface area contributed by atoms with Crippen molar-refractivity contribution in [3.8, 4) is 17.0 Å². The highest BCUT2D eigenvalue weighted by Gasteiger charge is 2.38. The number of hydrogen-bond acceptors (Lipinski definition) is 5. The zero-order chi connectivity index (χ0) is 17.3. The van der Waals surface area contributed by atoms with Crippen LogP contribution in [0.15, 0.2) is 18.2 Å². The molecule has 1 amide bonds. The summed E-state index contributed by atoms with van der Waals surface area (Å²) in [5.74, 6) is -0.451. The molecule has 2 heterocycles. The quantitative estimate of drug-likeness (QED) is 0.912. The molecule has 1 atom stereocenters. The molecule has 1 saturated heterocycles. The summed E-state index contributed by atoms with van der Waals surface area (Å²) < 4.78 is 24.4. The molecule has 128 valence electrons. The number of methoxy groups -OCH3 is 1. The monoisotopic (exact) mass is 350 g/mol. The van der Waals surface area contributed by atoms with Gasteiger partial charge >= 0.3 is 0 Å². The second-order valence-electron chi connectivity index (χ2n) is 5.91. The predicted octanol–water partition coefficient (Wildman–Crippen LogP) is 3.77. The number of anilines is 1. The Hall–Kier alpha value is -1.99. The Bertz CT molecular complexity index is 769. The average molecular weight is 350 g/mol. The fraction of sp³-hybridized carbons (Fsp3) is 0.412. The molecule has 24 heavy (non-hydrogen) atoms. The molecule has 1 fully saturated rings. The van der Waals surface area contributed by atoms with Crippen molar-refractivity contribution in [1.29, 1.82) is 0 Å². The van der Waals surface area contributed by atoms with E-state index in [1.807, 2.05) is 6.92 Å². The summed E-state index contributed by atoms with van der Waals surface area (Å²) in [6, 6.07) is 4.69. The number of aromatic nitrogens is 1. The van der Waals surface area contributed by atoms with Crippen molar-refractivity contribution in [2.45, 2.75) is 32.3 Å². The van der Waals surface area contributed by atoms with Crippen LogP contribution in [0.25, 0.3) is 11.3 Å². The van der Waals surface area contributed by atoms with Gasteiger partial charge in [-0.3, -0.25) is 10.1 Å². The molecule has 1 aromatic carbocycles. The van der Waals surface area contributed by atoms with Crippen molar-refractivity contribution in [3.63, 3.8) is 0 Å². The van der Waals surface area contributed by atoms with Gasteiger partial charge in [0.2, 0.25) is 0 Å². The number of ether oxygens (including phenoxy) is 2. The molecular weight excluding hydrogens is 331 g/mol. The molecule has 0 aliphatic carbocycles. The van der Waals surface area contributed by atoms with Crippen LogP contribution in [-0.2, 0) is 9.53 Å². The molecule has 0 spiro atoms. The Morgan fingerprint density at radius 2 is 2.29 bits per heavy atom. The molecule has 1 N–H and O–H groups in total. The minimum absolute atomic E-state index is 0.187. The molecule has 5 nitrogen and oxygen atoms in total. The number of aryl methyl sites for hydroxylation is 1. The van der Waals surface area contributed by atoms with E-state index in [-0.39, 0.29) is 11.7 Å². The van der Waals surface area contributed by atoms with Gasteiger partial charge in [0.05, 0.1) is 12.8 Å². The molecule has 0 unspecified atom stereocenters. The highest BCUT2D eigenvalue weighted by Crippen LogP contribution is 2.33. The maximum Gasteiger partial charge on any atom is 0.258 e. The summed E-state index contributed by atoms with van der Waals surface area (Å²) in [7, 11) is 1.42. The molecule has 0 radical (unpaired) electrons. The van der Waals surface area contributed by atoms with E-state index in [0.717, 1.165) is 11.3 Å². The first-order valence-electron chi connectivity index (χ1n) is 7.70. The second-order valence-corrected chi connectivity index (χ2v) is 7.11. The molecule has 1 aliphatic heterocycles. The Morgan fingerprint density at radius 1 is 1.50 bits per heavy atom. The first-order chi connectivity index (χ1) is 11.4. The summed E-state index contributed by atoms with van der Waals surface area (Å²) in [5.41, 5.74) is 0.492. The van der Waals surface area contributed by atoms with Crippen LogP contribution in [0, 0.1) is 12.7 Å². The molecule has 0 bridgehead atoms. The Kier molecular flexibility index (Phi) is 4.56. The largest absolute Gasteiger partial charge is 0.494 e. The van der Waals surface area contributed by atoms with Crippen molar-refractivity contribution < 1.29 is 18.7 Å². The number of hydrogen-bond donors (Lipinski definition) is 1. The predicted molar refractivity (Wildman–Crippen MR) is 91.0 cm³/mol. The smallest absolute Gasteiger partial charge is 0.258 e. The van der Waals surface area contributed by atoms with Gasteiger partial charge in [-0.2, -0.15) is 0 Å². The maximum atomic E-state index is 13.9. The molecule has 0 saturated carbocycles. The standard InChI is InChI=1S/C17H19FN2O3S/c1-10-14(11-5-6-13(22-3)12(18)9-11)19-16(24-10)20-15(21)17(2)7-4-8-23-17/h5-6,9H,4,7-8H2,1-3H3,(H,19,20,21)/t17-/m0/s1. The van der Waals surface area contributed by atoms with Crippen LogP contribution < -0.4 is 10.1 Å². The fourth-order valence-electron chi connectivity index (χ4n) is 2.72. The van der Waals surface area contributed by atoms with Crippen LogP contribution in [0.3, 0.4) is 0 Å².